The first kappa shape index (κ1) is 28.1. The number of hydrogen-bond acceptors (Lipinski definition) is 7. The summed E-state index contributed by atoms with van der Waals surface area (Å²) in [5.41, 5.74) is 4.62. The number of thiophene rings is 1. The highest BCUT2D eigenvalue weighted by Gasteiger charge is 2.35. The fraction of sp³-hybridized carbons (Fsp3) is 0.219. The maximum atomic E-state index is 14.8. The van der Waals surface area contributed by atoms with Crippen LogP contribution in [0.25, 0.3) is 33.3 Å². The lowest BCUT2D eigenvalue weighted by atomic mass is 9.96. The van der Waals surface area contributed by atoms with Gasteiger partial charge in [-0.2, -0.15) is 0 Å². The van der Waals surface area contributed by atoms with E-state index in [0.29, 0.717) is 47.4 Å². The van der Waals surface area contributed by atoms with E-state index in [1.54, 1.807) is 31.4 Å². The first-order valence-corrected chi connectivity index (χ1v) is 15.7. The number of ether oxygens (including phenoxy) is 2. The molecule has 0 atom stereocenters. The van der Waals surface area contributed by atoms with Crippen molar-refractivity contribution >= 4 is 43.9 Å². The Kier molecular flexibility index (Phi) is 7.38. The van der Waals surface area contributed by atoms with Crippen LogP contribution in [-0.2, 0) is 30.9 Å². The number of benzene rings is 3. The molecule has 0 radical (unpaired) electrons. The number of anilines is 1. The van der Waals surface area contributed by atoms with Crippen molar-refractivity contribution in [3.8, 4) is 22.4 Å². The Labute approximate surface area is 247 Å². The van der Waals surface area contributed by atoms with Gasteiger partial charge in [0.25, 0.3) is 10.0 Å². The van der Waals surface area contributed by atoms with Gasteiger partial charge >= 0.3 is 5.97 Å². The van der Waals surface area contributed by atoms with Crippen molar-refractivity contribution in [1.82, 2.24) is 3.97 Å². The van der Waals surface area contributed by atoms with Crippen LogP contribution >= 0.6 is 11.3 Å². The van der Waals surface area contributed by atoms with E-state index in [-0.39, 0.29) is 16.8 Å². The van der Waals surface area contributed by atoms with Gasteiger partial charge in [0.2, 0.25) is 0 Å². The summed E-state index contributed by atoms with van der Waals surface area (Å²) in [6.07, 6.45) is 0. The molecule has 3 heterocycles. The molecule has 0 unspecified atom stereocenters. The highest BCUT2D eigenvalue weighted by molar-refractivity contribution is 7.90. The third-order valence-electron chi connectivity index (χ3n) is 7.64. The summed E-state index contributed by atoms with van der Waals surface area (Å²) in [4.78, 5) is 15.1. The lowest BCUT2D eigenvalue weighted by molar-refractivity contribution is -0.146. The van der Waals surface area contributed by atoms with E-state index in [9.17, 15) is 17.6 Å². The molecule has 0 N–H and O–H groups in total. The highest BCUT2D eigenvalue weighted by atomic mass is 32.2. The van der Waals surface area contributed by atoms with Crippen LogP contribution in [0.4, 0.5) is 10.1 Å². The number of methoxy groups -OCH3 is 2. The maximum absolute atomic E-state index is 14.8. The zero-order valence-corrected chi connectivity index (χ0v) is 25.0. The monoisotopic (exact) mass is 604 g/mol. The molecule has 1 aliphatic heterocycles. The molecule has 10 heteroatoms. The highest BCUT2D eigenvalue weighted by Crippen LogP contribution is 2.46. The zero-order chi connectivity index (χ0) is 29.6. The molecule has 0 bridgehead atoms. The summed E-state index contributed by atoms with van der Waals surface area (Å²) < 4.78 is 55.4. The minimum atomic E-state index is -4.13. The Balaban J connectivity index is 1.63. The van der Waals surface area contributed by atoms with Crippen molar-refractivity contribution in [1.29, 1.82) is 0 Å². The van der Waals surface area contributed by atoms with E-state index in [1.807, 2.05) is 47.5 Å². The van der Waals surface area contributed by atoms with Crippen LogP contribution in [0.1, 0.15) is 10.4 Å². The molecule has 216 valence electrons. The molecule has 1 aliphatic rings. The standard InChI is InChI=1S/C32H29FN2O5S2/c1-20-7-10-25(11-8-20)42(37,38)35-28-12-9-23(33)16-27(28)30(26-13-14-41-29(26)19-39-2)31(35)21-5-4-6-24(15-21)34-17-22(18-34)32(36)40-3/h4-16,22H,17-19H2,1-3H3. The molecule has 42 heavy (non-hydrogen) atoms. The van der Waals surface area contributed by atoms with Crippen molar-refractivity contribution < 1.29 is 27.1 Å². The second-order valence-corrected chi connectivity index (χ2v) is 13.1. The Hall–Kier alpha value is -3.99. The molecule has 1 saturated heterocycles. The predicted molar refractivity (Wildman–Crippen MR) is 163 cm³/mol. The molecule has 3 aromatic carbocycles. The van der Waals surface area contributed by atoms with Crippen molar-refractivity contribution in [2.24, 2.45) is 5.92 Å². The van der Waals surface area contributed by atoms with Gasteiger partial charge in [-0.3, -0.25) is 4.79 Å². The molecule has 5 aromatic rings. The summed E-state index contributed by atoms with van der Waals surface area (Å²) in [6.45, 7) is 3.22. The lowest BCUT2D eigenvalue weighted by Gasteiger charge is -2.39. The quantitative estimate of drug-likeness (QED) is 0.189. The topological polar surface area (TPSA) is 77.8 Å². The predicted octanol–water partition coefficient (Wildman–Crippen LogP) is 6.48. The van der Waals surface area contributed by atoms with Gasteiger partial charge in [-0.05, 0) is 60.8 Å². The average molecular weight is 605 g/mol. The molecule has 0 amide bonds. The van der Waals surface area contributed by atoms with E-state index in [2.05, 4.69) is 0 Å². The normalized spacial score (nSPS) is 13.9. The number of aromatic nitrogens is 1. The first-order chi connectivity index (χ1) is 20.2. The molecule has 1 fully saturated rings. The fourth-order valence-corrected chi connectivity index (χ4v) is 7.89. The van der Waals surface area contributed by atoms with Gasteiger partial charge in [0.1, 0.15) is 5.82 Å². The number of esters is 1. The summed E-state index contributed by atoms with van der Waals surface area (Å²) in [7, 11) is -1.14. The Morgan fingerprint density at radius 3 is 2.50 bits per heavy atom. The van der Waals surface area contributed by atoms with Gasteiger partial charge in [0.15, 0.2) is 0 Å². The van der Waals surface area contributed by atoms with Crippen molar-refractivity contribution in [2.75, 3.05) is 32.2 Å². The van der Waals surface area contributed by atoms with Crippen molar-refractivity contribution in [2.45, 2.75) is 18.4 Å². The van der Waals surface area contributed by atoms with Crippen LogP contribution in [0.3, 0.4) is 0 Å². The Morgan fingerprint density at radius 1 is 1.02 bits per heavy atom. The van der Waals surface area contributed by atoms with E-state index in [0.717, 1.165) is 21.7 Å². The third kappa shape index (κ3) is 4.79. The third-order valence-corrected chi connectivity index (χ3v) is 10.3. The maximum Gasteiger partial charge on any atom is 0.312 e. The van der Waals surface area contributed by atoms with Crippen LogP contribution < -0.4 is 4.90 Å². The van der Waals surface area contributed by atoms with E-state index >= 15 is 0 Å². The van der Waals surface area contributed by atoms with Crippen LogP contribution in [0.15, 0.2) is 83.1 Å². The smallest absolute Gasteiger partial charge is 0.312 e. The molecule has 6 rings (SSSR count). The number of rotatable bonds is 8. The lowest BCUT2D eigenvalue weighted by Crippen LogP contribution is -2.50. The molecule has 0 saturated carbocycles. The molecular formula is C32H29FN2O5S2. The zero-order valence-electron chi connectivity index (χ0n) is 23.3. The second-order valence-electron chi connectivity index (χ2n) is 10.3. The van der Waals surface area contributed by atoms with E-state index in [1.165, 1.54) is 40.6 Å². The van der Waals surface area contributed by atoms with Crippen LogP contribution in [0.2, 0.25) is 0 Å². The molecular weight excluding hydrogens is 575 g/mol. The van der Waals surface area contributed by atoms with Gasteiger partial charge < -0.3 is 14.4 Å². The molecule has 0 aliphatic carbocycles. The number of carbonyl (C=O) groups excluding carboxylic acids is 1. The molecule has 0 spiro atoms. The van der Waals surface area contributed by atoms with Crippen LogP contribution in [-0.4, -0.2) is 45.7 Å². The fourth-order valence-electron chi connectivity index (χ4n) is 5.50. The summed E-state index contributed by atoms with van der Waals surface area (Å²) in [6, 6.07) is 20.4. The average Bonchev–Trinajstić information content (AvgIpc) is 3.54. The van der Waals surface area contributed by atoms with Crippen LogP contribution in [0.5, 0.6) is 0 Å². The number of halogens is 1. The van der Waals surface area contributed by atoms with Crippen molar-refractivity contribution in [3.05, 3.63) is 94.4 Å². The number of nitrogens with zero attached hydrogens (tertiary/aromatic N) is 2. The minimum Gasteiger partial charge on any atom is -0.469 e. The number of hydrogen-bond donors (Lipinski definition) is 0. The number of fused-ring (bicyclic) bond motifs is 1. The minimum absolute atomic E-state index is 0.129. The first-order valence-electron chi connectivity index (χ1n) is 13.4. The van der Waals surface area contributed by atoms with Gasteiger partial charge in [-0.25, -0.2) is 16.8 Å². The molecule has 2 aromatic heterocycles. The van der Waals surface area contributed by atoms with Gasteiger partial charge in [-0.15, -0.1) is 11.3 Å². The number of carbonyl (C=O) groups is 1. The Morgan fingerprint density at radius 2 is 1.79 bits per heavy atom. The summed E-state index contributed by atoms with van der Waals surface area (Å²) in [5, 5.41) is 2.41. The number of aryl methyl sites for hydroxylation is 1. The summed E-state index contributed by atoms with van der Waals surface area (Å²) in [5.74, 6) is -0.931. The summed E-state index contributed by atoms with van der Waals surface area (Å²) >= 11 is 1.50. The van der Waals surface area contributed by atoms with Crippen molar-refractivity contribution in [3.63, 3.8) is 0 Å². The van der Waals surface area contributed by atoms with Gasteiger partial charge in [0, 0.05) is 52.8 Å². The molecule has 7 nitrogen and oxygen atoms in total. The largest absolute Gasteiger partial charge is 0.469 e. The van der Waals surface area contributed by atoms with Gasteiger partial charge in [-0.1, -0.05) is 29.8 Å². The second kappa shape index (κ2) is 11.0. The van der Waals surface area contributed by atoms with Gasteiger partial charge in [0.05, 0.1) is 35.7 Å². The van der Waals surface area contributed by atoms with Crippen LogP contribution in [0, 0.1) is 18.7 Å². The van der Waals surface area contributed by atoms with E-state index < -0.39 is 15.8 Å². The SMILES string of the molecule is COCc1sccc1-c1c(-c2cccc(N3CC(C(=O)OC)C3)c2)n(S(=O)(=O)c2ccc(C)cc2)c2ccc(F)cc12. The van der Waals surface area contributed by atoms with E-state index in [4.69, 9.17) is 9.47 Å². The Bertz CT molecular complexity index is 1910.